The molecule has 3 rings (SSSR count). The Kier molecular flexibility index (Phi) is 6.62. The third-order valence-corrected chi connectivity index (χ3v) is 4.66. The quantitative estimate of drug-likeness (QED) is 0.592. The number of pyridine rings is 1. The fourth-order valence-corrected chi connectivity index (χ4v) is 3.07. The molecule has 0 aliphatic carbocycles. The monoisotopic (exact) mass is 371 g/mol. The third kappa shape index (κ3) is 5.42. The predicted octanol–water partition coefficient (Wildman–Crippen LogP) is 1.96. The van der Waals surface area contributed by atoms with E-state index < -0.39 is 0 Å². The van der Waals surface area contributed by atoms with E-state index in [-0.39, 0.29) is 5.92 Å². The first-order chi connectivity index (χ1) is 13.2. The van der Waals surface area contributed by atoms with Crippen molar-refractivity contribution in [2.75, 3.05) is 31.6 Å². The predicted molar refractivity (Wildman–Crippen MR) is 106 cm³/mol. The molecule has 1 aliphatic rings. The zero-order valence-electron chi connectivity index (χ0n) is 16.4. The summed E-state index contributed by atoms with van der Waals surface area (Å²) in [6.07, 6.45) is 4.63. The normalized spacial score (nSPS) is 16.0. The van der Waals surface area contributed by atoms with Crippen molar-refractivity contribution in [1.82, 2.24) is 25.8 Å². The van der Waals surface area contributed by atoms with E-state index in [0.717, 1.165) is 43.5 Å². The molecule has 1 saturated heterocycles. The number of anilines is 1. The molecule has 0 radical (unpaired) electrons. The van der Waals surface area contributed by atoms with E-state index >= 15 is 0 Å². The molecular formula is C19H29N7O. The van der Waals surface area contributed by atoms with Crippen LogP contribution < -0.4 is 15.5 Å². The summed E-state index contributed by atoms with van der Waals surface area (Å²) in [6.45, 7) is 6.79. The lowest BCUT2D eigenvalue weighted by molar-refractivity contribution is 0.371. The standard InChI is InChI=1S/C19H29N7O/c1-14(2)18-24-17(27-25-18)7-11-22-19(20-3)23-15-8-12-26(13-9-15)16-6-4-5-10-21-16/h4-6,10,14-15H,7-9,11-13H2,1-3H3,(H2,20,22,23). The van der Waals surface area contributed by atoms with Gasteiger partial charge in [-0.25, -0.2) is 4.98 Å². The van der Waals surface area contributed by atoms with Crippen LogP contribution in [0, 0.1) is 0 Å². The first-order valence-electron chi connectivity index (χ1n) is 9.61. The number of hydrogen-bond donors (Lipinski definition) is 2. The molecule has 0 bridgehead atoms. The highest BCUT2D eigenvalue weighted by Crippen LogP contribution is 2.17. The van der Waals surface area contributed by atoms with E-state index in [1.54, 1.807) is 7.05 Å². The van der Waals surface area contributed by atoms with E-state index in [1.807, 2.05) is 18.3 Å². The fourth-order valence-electron chi connectivity index (χ4n) is 3.07. The highest BCUT2D eigenvalue weighted by Gasteiger charge is 2.20. The summed E-state index contributed by atoms with van der Waals surface area (Å²) in [5.74, 6) is 3.56. The third-order valence-electron chi connectivity index (χ3n) is 4.66. The Morgan fingerprint density at radius 1 is 1.33 bits per heavy atom. The molecule has 2 N–H and O–H groups in total. The van der Waals surface area contributed by atoms with Crippen LogP contribution in [0.4, 0.5) is 5.82 Å². The second-order valence-electron chi connectivity index (χ2n) is 7.04. The van der Waals surface area contributed by atoms with Gasteiger partial charge in [-0.1, -0.05) is 25.1 Å². The summed E-state index contributed by atoms with van der Waals surface area (Å²) in [6, 6.07) is 6.46. The van der Waals surface area contributed by atoms with Gasteiger partial charge in [0.1, 0.15) is 5.82 Å². The molecule has 146 valence electrons. The van der Waals surface area contributed by atoms with E-state index in [0.29, 0.717) is 24.9 Å². The van der Waals surface area contributed by atoms with E-state index in [9.17, 15) is 0 Å². The molecule has 2 aromatic heterocycles. The minimum absolute atomic E-state index is 0.279. The molecule has 0 amide bonds. The molecule has 0 saturated carbocycles. The maximum absolute atomic E-state index is 5.27. The summed E-state index contributed by atoms with van der Waals surface area (Å²) < 4.78 is 5.27. The van der Waals surface area contributed by atoms with Crippen LogP contribution >= 0.6 is 0 Å². The summed E-state index contributed by atoms with van der Waals surface area (Å²) in [7, 11) is 1.79. The zero-order valence-corrected chi connectivity index (χ0v) is 16.4. The fraction of sp³-hybridized carbons (Fsp3) is 0.579. The van der Waals surface area contributed by atoms with Crippen LogP contribution in [-0.2, 0) is 6.42 Å². The van der Waals surface area contributed by atoms with Crippen molar-refractivity contribution in [3.63, 3.8) is 0 Å². The van der Waals surface area contributed by atoms with Crippen LogP contribution in [0.1, 0.15) is 44.3 Å². The lowest BCUT2D eigenvalue weighted by Crippen LogP contribution is -2.49. The molecule has 0 aromatic carbocycles. The van der Waals surface area contributed by atoms with Crippen molar-refractivity contribution < 1.29 is 4.52 Å². The topological polar surface area (TPSA) is 91.5 Å². The van der Waals surface area contributed by atoms with Crippen molar-refractivity contribution in [2.45, 2.75) is 45.1 Å². The van der Waals surface area contributed by atoms with Crippen LogP contribution in [0.2, 0.25) is 0 Å². The van der Waals surface area contributed by atoms with Crippen molar-refractivity contribution in [3.8, 4) is 0 Å². The lowest BCUT2D eigenvalue weighted by atomic mass is 10.1. The number of nitrogens with zero attached hydrogens (tertiary/aromatic N) is 5. The van der Waals surface area contributed by atoms with Crippen molar-refractivity contribution in [2.24, 2.45) is 4.99 Å². The minimum atomic E-state index is 0.279. The van der Waals surface area contributed by atoms with Gasteiger partial charge < -0.3 is 20.1 Å². The number of guanidine groups is 1. The zero-order chi connectivity index (χ0) is 19.1. The number of piperidine rings is 1. The molecule has 8 nitrogen and oxygen atoms in total. The summed E-state index contributed by atoms with van der Waals surface area (Å²) >= 11 is 0. The summed E-state index contributed by atoms with van der Waals surface area (Å²) in [5.41, 5.74) is 0. The van der Waals surface area contributed by atoms with E-state index in [2.05, 4.69) is 55.6 Å². The average molecular weight is 371 g/mol. The van der Waals surface area contributed by atoms with E-state index in [1.165, 1.54) is 0 Å². The number of aromatic nitrogens is 3. The van der Waals surface area contributed by atoms with Gasteiger partial charge in [-0.05, 0) is 25.0 Å². The van der Waals surface area contributed by atoms with Gasteiger partial charge in [0.15, 0.2) is 11.8 Å². The van der Waals surface area contributed by atoms with Gasteiger partial charge in [-0.3, -0.25) is 4.99 Å². The SMILES string of the molecule is CN=C(NCCc1nc(C(C)C)no1)NC1CCN(c2ccccn2)CC1. The maximum atomic E-state index is 5.27. The van der Waals surface area contributed by atoms with Crippen molar-refractivity contribution in [1.29, 1.82) is 0 Å². The van der Waals surface area contributed by atoms with E-state index in [4.69, 9.17) is 4.52 Å². The number of aliphatic imine (C=N–C) groups is 1. The first kappa shape index (κ1) is 19.1. The molecule has 8 heteroatoms. The molecule has 0 unspecified atom stereocenters. The molecular weight excluding hydrogens is 342 g/mol. The number of hydrogen-bond acceptors (Lipinski definition) is 6. The van der Waals surface area contributed by atoms with Crippen LogP contribution in [-0.4, -0.2) is 53.8 Å². The van der Waals surface area contributed by atoms with Gasteiger partial charge in [0.2, 0.25) is 5.89 Å². The Labute approximate surface area is 160 Å². The Morgan fingerprint density at radius 2 is 2.15 bits per heavy atom. The Morgan fingerprint density at radius 3 is 2.78 bits per heavy atom. The lowest BCUT2D eigenvalue weighted by Gasteiger charge is -2.33. The highest BCUT2D eigenvalue weighted by atomic mass is 16.5. The highest BCUT2D eigenvalue weighted by molar-refractivity contribution is 5.80. The molecule has 1 aliphatic heterocycles. The molecule has 2 aromatic rings. The van der Waals surface area contributed by atoms with Crippen molar-refractivity contribution >= 4 is 11.8 Å². The minimum Gasteiger partial charge on any atom is -0.356 e. The molecule has 3 heterocycles. The largest absolute Gasteiger partial charge is 0.356 e. The smallest absolute Gasteiger partial charge is 0.228 e. The van der Waals surface area contributed by atoms with Crippen molar-refractivity contribution in [3.05, 3.63) is 36.1 Å². The van der Waals surface area contributed by atoms with Crippen LogP contribution in [0.3, 0.4) is 0 Å². The van der Waals surface area contributed by atoms with Gasteiger partial charge in [-0.15, -0.1) is 0 Å². The second kappa shape index (κ2) is 9.34. The van der Waals surface area contributed by atoms with Gasteiger partial charge in [0, 0.05) is 51.3 Å². The van der Waals surface area contributed by atoms with Gasteiger partial charge >= 0.3 is 0 Å². The van der Waals surface area contributed by atoms with Crippen LogP contribution in [0.5, 0.6) is 0 Å². The maximum Gasteiger partial charge on any atom is 0.228 e. The molecule has 0 spiro atoms. The summed E-state index contributed by atoms with van der Waals surface area (Å²) in [5, 5.41) is 10.8. The second-order valence-corrected chi connectivity index (χ2v) is 7.04. The first-order valence-corrected chi connectivity index (χ1v) is 9.61. The number of rotatable bonds is 6. The van der Waals surface area contributed by atoms with Crippen LogP contribution in [0.15, 0.2) is 33.9 Å². The molecule has 1 fully saturated rings. The Hall–Kier alpha value is -2.64. The van der Waals surface area contributed by atoms with Gasteiger partial charge in [0.05, 0.1) is 0 Å². The van der Waals surface area contributed by atoms with Gasteiger partial charge in [0.25, 0.3) is 0 Å². The Bertz CT molecular complexity index is 721. The molecule has 27 heavy (non-hydrogen) atoms. The Balaban J connectivity index is 1.40. The average Bonchev–Trinajstić information content (AvgIpc) is 3.18. The van der Waals surface area contributed by atoms with Gasteiger partial charge in [-0.2, -0.15) is 4.98 Å². The molecule has 0 atom stereocenters. The number of nitrogens with one attached hydrogen (secondary N) is 2. The van der Waals surface area contributed by atoms with Crippen LogP contribution in [0.25, 0.3) is 0 Å². The summed E-state index contributed by atoms with van der Waals surface area (Å²) in [4.78, 5) is 15.5.